The molecule has 0 saturated carbocycles. The standard InChI is InChI=1S/C63H118O6/c1-4-7-10-13-16-18-20-22-24-26-28-30-32-34-35-37-39-41-43-45-47-50-53-56-62(65)68-59-60(58-67-61(64)55-52-49-15-12-9-6-3)69-63(66)57-54-51-48-46-44-42-40-38-36-33-31-29-27-25-23-21-19-17-14-11-8-5-2/h20,22,26,28,60H,4-19,21,23-25,27,29-59H2,1-3H3/b22-20-,28-26-. The Morgan fingerprint density at radius 3 is 0.797 bits per heavy atom. The molecule has 406 valence electrons. The number of hydrogen-bond donors (Lipinski definition) is 0. The van der Waals surface area contributed by atoms with Gasteiger partial charge in [0.25, 0.3) is 0 Å². The summed E-state index contributed by atoms with van der Waals surface area (Å²) < 4.78 is 16.8. The van der Waals surface area contributed by atoms with Gasteiger partial charge in [-0.2, -0.15) is 0 Å². The topological polar surface area (TPSA) is 78.9 Å². The maximum atomic E-state index is 12.8. The van der Waals surface area contributed by atoms with Crippen molar-refractivity contribution in [3.63, 3.8) is 0 Å². The third-order valence-electron chi connectivity index (χ3n) is 14.0. The minimum absolute atomic E-state index is 0.0676. The zero-order valence-electron chi connectivity index (χ0n) is 46.6. The van der Waals surface area contributed by atoms with Crippen molar-refractivity contribution in [3.8, 4) is 0 Å². The van der Waals surface area contributed by atoms with E-state index in [0.29, 0.717) is 19.3 Å². The summed E-state index contributed by atoms with van der Waals surface area (Å²) in [7, 11) is 0. The molecule has 0 N–H and O–H groups in total. The highest BCUT2D eigenvalue weighted by molar-refractivity contribution is 5.71. The second-order valence-electron chi connectivity index (χ2n) is 21.0. The van der Waals surface area contributed by atoms with Crippen molar-refractivity contribution in [2.75, 3.05) is 13.2 Å². The summed E-state index contributed by atoms with van der Waals surface area (Å²) in [4.78, 5) is 38.0. The SMILES string of the molecule is CCCCCCC/C=C\C/C=C\CCCCCCCCCCCCCC(=O)OCC(COC(=O)CCCCCCCC)OC(=O)CCCCCCCCCCCCCCCCCCCCCCCC. The third kappa shape index (κ3) is 56.7. The molecule has 0 aromatic rings. The molecule has 1 unspecified atom stereocenters. The predicted octanol–water partition coefficient (Wildman–Crippen LogP) is 20.7. The van der Waals surface area contributed by atoms with Gasteiger partial charge in [-0.3, -0.25) is 14.4 Å². The Morgan fingerprint density at radius 2 is 0.522 bits per heavy atom. The Kier molecular flexibility index (Phi) is 56.7. The Hall–Kier alpha value is -2.11. The molecule has 0 radical (unpaired) electrons. The molecule has 0 amide bonds. The summed E-state index contributed by atoms with van der Waals surface area (Å²) in [5.41, 5.74) is 0. The van der Waals surface area contributed by atoms with E-state index in [0.717, 1.165) is 64.2 Å². The van der Waals surface area contributed by atoms with Gasteiger partial charge >= 0.3 is 17.9 Å². The van der Waals surface area contributed by atoms with Crippen LogP contribution >= 0.6 is 0 Å². The first-order valence-electron chi connectivity index (χ1n) is 30.8. The molecule has 0 aliphatic heterocycles. The van der Waals surface area contributed by atoms with E-state index >= 15 is 0 Å². The van der Waals surface area contributed by atoms with Crippen LogP contribution in [0.4, 0.5) is 0 Å². The minimum Gasteiger partial charge on any atom is -0.462 e. The molecule has 0 heterocycles. The van der Waals surface area contributed by atoms with Gasteiger partial charge in [-0.05, 0) is 51.4 Å². The first-order chi connectivity index (χ1) is 34.0. The third-order valence-corrected chi connectivity index (χ3v) is 14.0. The van der Waals surface area contributed by atoms with Gasteiger partial charge in [0.05, 0.1) is 0 Å². The summed E-state index contributed by atoms with van der Waals surface area (Å²) in [5.74, 6) is -0.857. The van der Waals surface area contributed by atoms with Crippen LogP contribution < -0.4 is 0 Å². The number of allylic oxidation sites excluding steroid dienone is 4. The van der Waals surface area contributed by atoms with E-state index in [9.17, 15) is 14.4 Å². The maximum Gasteiger partial charge on any atom is 0.306 e. The van der Waals surface area contributed by atoms with Crippen molar-refractivity contribution in [1.29, 1.82) is 0 Å². The van der Waals surface area contributed by atoms with Crippen LogP contribution in [0.2, 0.25) is 0 Å². The van der Waals surface area contributed by atoms with Crippen molar-refractivity contribution < 1.29 is 28.6 Å². The molecule has 6 nitrogen and oxygen atoms in total. The van der Waals surface area contributed by atoms with Crippen LogP contribution in [0.1, 0.15) is 342 Å². The van der Waals surface area contributed by atoms with E-state index in [4.69, 9.17) is 14.2 Å². The fraction of sp³-hybridized carbons (Fsp3) is 0.889. The normalized spacial score (nSPS) is 12.1. The predicted molar refractivity (Wildman–Crippen MR) is 298 cm³/mol. The van der Waals surface area contributed by atoms with E-state index in [1.54, 1.807) is 0 Å². The molecular weight excluding hydrogens is 853 g/mol. The van der Waals surface area contributed by atoms with Gasteiger partial charge in [-0.25, -0.2) is 0 Å². The van der Waals surface area contributed by atoms with Gasteiger partial charge in [0.1, 0.15) is 13.2 Å². The van der Waals surface area contributed by atoms with Gasteiger partial charge < -0.3 is 14.2 Å². The van der Waals surface area contributed by atoms with Gasteiger partial charge in [-0.15, -0.1) is 0 Å². The zero-order chi connectivity index (χ0) is 50.0. The van der Waals surface area contributed by atoms with Crippen LogP contribution in [-0.4, -0.2) is 37.2 Å². The first-order valence-corrected chi connectivity index (χ1v) is 30.8. The summed E-state index contributed by atoms with van der Waals surface area (Å²) >= 11 is 0. The fourth-order valence-corrected chi connectivity index (χ4v) is 9.30. The number of rotatable bonds is 57. The maximum absolute atomic E-state index is 12.8. The number of ether oxygens (including phenoxy) is 3. The highest BCUT2D eigenvalue weighted by Gasteiger charge is 2.19. The molecule has 1 atom stereocenters. The molecule has 0 rings (SSSR count). The van der Waals surface area contributed by atoms with E-state index in [1.165, 1.54) is 238 Å². The van der Waals surface area contributed by atoms with Gasteiger partial charge in [0.15, 0.2) is 6.10 Å². The lowest BCUT2D eigenvalue weighted by Crippen LogP contribution is -2.30. The van der Waals surface area contributed by atoms with Gasteiger partial charge in [0.2, 0.25) is 0 Å². The highest BCUT2D eigenvalue weighted by Crippen LogP contribution is 2.18. The molecule has 0 saturated heterocycles. The molecular formula is C63H118O6. The Bertz CT molecular complexity index is 1110. The first kappa shape index (κ1) is 66.9. The van der Waals surface area contributed by atoms with Gasteiger partial charge in [-0.1, -0.05) is 295 Å². The van der Waals surface area contributed by atoms with Crippen LogP contribution in [0, 0.1) is 0 Å². The second kappa shape index (κ2) is 58.5. The lowest BCUT2D eigenvalue weighted by atomic mass is 10.0. The van der Waals surface area contributed by atoms with Crippen LogP contribution in [0.5, 0.6) is 0 Å². The quantitative estimate of drug-likeness (QED) is 0.0261. The zero-order valence-corrected chi connectivity index (χ0v) is 46.6. The number of carbonyl (C=O) groups is 3. The lowest BCUT2D eigenvalue weighted by molar-refractivity contribution is -0.167. The number of hydrogen-bond acceptors (Lipinski definition) is 6. The van der Waals surface area contributed by atoms with Crippen LogP contribution in [0.25, 0.3) is 0 Å². The van der Waals surface area contributed by atoms with Crippen molar-refractivity contribution in [2.24, 2.45) is 0 Å². The summed E-state index contributed by atoms with van der Waals surface area (Å²) in [6.45, 7) is 6.63. The molecule has 0 aliphatic carbocycles. The Balaban J connectivity index is 4.06. The van der Waals surface area contributed by atoms with E-state index in [1.807, 2.05) is 0 Å². The number of esters is 3. The average Bonchev–Trinajstić information content (AvgIpc) is 3.35. The van der Waals surface area contributed by atoms with Crippen molar-refractivity contribution >= 4 is 17.9 Å². The number of unbranched alkanes of at least 4 members (excludes halogenated alkanes) is 42. The fourth-order valence-electron chi connectivity index (χ4n) is 9.30. The molecule has 6 heteroatoms. The smallest absolute Gasteiger partial charge is 0.306 e. The van der Waals surface area contributed by atoms with E-state index < -0.39 is 6.10 Å². The van der Waals surface area contributed by atoms with E-state index in [2.05, 4.69) is 45.1 Å². The summed E-state index contributed by atoms with van der Waals surface area (Å²) in [5, 5.41) is 0. The highest BCUT2D eigenvalue weighted by atomic mass is 16.6. The Morgan fingerprint density at radius 1 is 0.290 bits per heavy atom. The summed E-state index contributed by atoms with van der Waals surface area (Å²) in [6, 6.07) is 0. The molecule has 0 aliphatic rings. The molecule has 0 aromatic heterocycles. The lowest BCUT2D eigenvalue weighted by Gasteiger charge is -2.18. The molecule has 69 heavy (non-hydrogen) atoms. The van der Waals surface area contributed by atoms with Crippen LogP contribution in [0.3, 0.4) is 0 Å². The minimum atomic E-state index is -0.765. The summed E-state index contributed by atoms with van der Waals surface area (Å²) in [6.07, 6.45) is 69.3. The van der Waals surface area contributed by atoms with Crippen molar-refractivity contribution in [3.05, 3.63) is 24.3 Å². The van der Waals surface area contributed by atoms with Gasteiger partial charge in [0, 0.05) is 19.3 Å². The largest absolute Gasteiger partial charge is 0.462 e. The molecule has 0 fully saturated rings. The van der Waals surface area contributed by atoms with Crippen molar-refractivity contribution in [1.82, 2.24) is 0 Å². The van der Waals surface area contributed by atoms with Crippen molar-refractivity contribution in [2.45, 2.75) is 348 Å². The molecule has 0 spiro atoms. The average molecular weight is 972 g/mol. The van der Waals surface area contributed by atoms with Crippen LogP contribution in [-0.2, 0) is 28.6 Å². The Labute approximate surface area is 430 Å². The van der Waals surface area contributed by atoms with Crippen LogP contribution in [0.15, 0.2) is 24.3 Å². The molecule has 0 bridgehead atoms. The number of carbonyl (C=O) groups excluding carboxylic acids is 3. The second-order valence-corrected chi connectivity index (χ2v) is 21.0. The van der Waals surface area contributed by atoms with E-state index in [-0.39, 0.29) is 31.1 Å². The molecule has 0 aromatic carbocycles. The monoisotopic (exact) mass is 971 g/mol.